The molecule has 0 aromatic heterocycles. The normalized spacial score (nSPS) is 27.1. The van der Waals surface area contributed by atoms with Crippen LogP contribution in [0, 0.1) is 11.7 Å². The minimum atomic E-state index is -3.59. The van der Waals surface area contributed by atoms with Gasteiger partial charge < -0.3 is 10.6 Å². The Morgan fingerprint density at radius 2 is 1.96 bits per heavy atom. The zero-order valence-electron chi connectivity index (χ0n) is 14.6. The molecule has 7 heteroatoms. The smallest absolute Gasteiger partial charge is 0.220 e. The van der Waals surface area contributed by atoms with E-state index in [1.165, 1.54) is 25.0 Å². The summed E-state index contributed by atoms with van der Waals surface area (Å²) in [7, 11) is -3.59. The van der Waals surface area contributed by atoms with Gasteiger partial charge in [0.05, 0.1) is 6.04 Å². The Labute approximate surface area is 148 Å². The molecule has 2 N–H and O–H groups in total. The summed E-state index contributed by atoms with van der Waals surface area (Å²) in [5.74, 6) is -0.419. The van der Waals surface area contributed by atoms with Crippen molar-refractivity contribution in [2.75, 3.05) is 6.26 Å². The average molecular weight is 368 g/mol. The second kappa shape index (κ2) is 7.03. The van der Waals surface area contributed by atoms with E-state index in [0.717, 1.165) is 19.1 Å². The van der Waals surface area contributed by atoms with E-state index in [1.54, 1.807) is 13.0 Å². The van der Waals surface area contributed by atoms with Gasteiger partial charge in [0.1, 0.15) is 10.7 Å². The maximum atomic E-state index is 14.0. The standard InChI is InChI=1S/C18H25FN2O3S/c1-11(13-3-6-17(16(19)10-13)25(2,23)24)20-18(22)9-12-7-14-4-5-15(8-12)21-14/h3,6,10-12,14-15,21H,4-5,7-9H2,1-2H3,(H,20,22). The van der Waals surface area contributed by atoms with Crippen molar-refractivity contribution >= 4 is 15.7 Å². The number of amides is 1. The highest BCUT2D eigenvalue weighted by molar-refractivity contribution is 7.90. The van der Waals surface area contributed by atoms with Gasteiger partial charge in [-0.2, -0.15) is 0 Å². The average Bonchev–Trinajstić information content (AvgIpc) is 2.84. The molecule has 2 fully saturated rings. The predicted octanol–water partition coefficient (Wildman–Crippen LogP) is 2.33. The zero-order valence-corrected chi connectivity index (χ0v) is 15.4. The van der Waals surface area contributed by atoms with E-state index in [4.69, 9.17) is 0 Å². The Kier molecular flexibility index (Phi) is 5.16. The van der Waals surface area contributed by atoms with Gasteiger partial charge in [-0.3, -0.25) is 4.79 Å². The number of rotatable bonds is 5. The molecule has 2 aliphatic heterocycles. The largest absolute Gasteiger partial charge is 0.350 e. The summed E-state index contributed by atoms with van der Waals surface area (Å²) in [5.41, 5.74) is 0.559. The van der Waals surface area contributed by atoms with Crippen LogP contribution in [-0.4, -0.2) is 32.7 Å². The Balaban J connectivity index is 1.59. The fourth-order valence-corrected chi connectivity index (χ4v) is 4.80. The molecule has 2 aliphatic rings. The third kappa shape index (κ3) is 4.39. The van der Waals surface area contributed by atoms with Crippen molar-refractivity contribution in [1.82, 2.24) is 10.6 Å². The maximum Gasteiger partial charge on any atom is 0.220 e. The van der Waals surface area contributed by atoms with E-state index < -0.39 is 15.7 Å². The fraction of sp³-hybridized carbons (Fsp3) is 0.611. The summed E-state index contributed by atoms with van der Waals surface area (Å²) in [4.78, 5) is 12.0. The first-order valence-corrected chi connectivity index (χ1v) is 10.7. The van der Waals surface area contributed by atoms with Gasteiger partial charge in [-0.05, 0) is 56.2 Å². The van der Waals surface area contributed by atoms with Gasteiger partial charge in [-0.15, -0.1) is 0 Å². The molecule has 0 saturated carbocycles. The first-order chi connectivity index (χ1) is 11.7. The SMILES string of the molecule is CC(NC(=O)CC1CC2CCC(C1)N2)c1ccc(S(C)(=O)=O)c(F)c1. The van der Waals surface area contributed by atoms with Crippen LogP contribution in [0.25, 0.3) is 0 Å². The lowest BCUT2D eigenvalue weighted by Gasteiger charge is -2.29. The van der Waals surface area contributed by atoms with Crippen LogP contribution >= 0.6 is 0 Å². The Bertz CT molecular complexity index is 754. The summed E-state index contributed by atoms with van der Waals surface area (Å²) < 4.78 is 37.0. The zero-order chi connectivity index (χ0) is 18.2. The number of sulfone groups is 1. The molecule has 0 radical (unpaired) electrons. The highest BCUT2D eigenvalue weighted by Gasteiger charge is 2.34. The van der Waals surface area contributed by atoms with Gasteiger partial charge in [0.2, 0.25) is 5.91 Å². The van der Waals surface area contributed by atoms with Gasteiger partial charge >= 0.3 is 0 Å². The third-order valence-corrected chi connectivity index (χ3v) is 6.41. The quantitative estimate of drug-likeness (QED) is 0.836. The van der Waals surface area contributed by atoms with Crippen LogP contribution in [0.2, 0.25) is 0 Å². The molecule has 3 unspecified atom stereocenters. The lowest BCUT2D eigenvalue weighted by molar-refractivity contribution is -0.122. The predicted molar refractivity (Wildman–Crippen MR) is 93.4 cm³/mol. The first kappa shape index (κ1) is 18.3. The number of carbonyl (C=O) groups is 1. The first-order valence-electron chi connectivity index (χ1n) is 8.77. The van der Waals surface area contributed by atoms with Crippen molar-refractivity contribution in [1.29, 1.82) is 0 Å². The monoisotopic (exact) mass is 368 g/mol. The van der Waals surface area contributed by atoms with Crippen molar-refractivity contribution in [3.8, 4) is 0 Å². The van der Waals surface area contributed by atoms with Gasteiger partial charge in [0, 0.05) is 24.8 Å². The van der Waals surface area contributed by atoms with Crippen LogP contribution in [0.4, 0.5) is 4.39 Å². The molecule has 138 valence electrons. The van der Waals surface area contributed by atoms with E-state index in [1.807, 2.05) is 0 Å². The van der Waals surface area contributed by atoms with Crippen LogP contribution in [0.3, 0.4) is 0 Å². The number of carbonyl (C=O) groups excluding carboxylic acids is 1. The van der Waals surface area contributed by atoms with Gasteiger partial charge in [0.25, 0.3) is 0 Å². The molecule has 1 aromatic carbocycles. The molecule has 5 nitrogen and oxygen atoms in total. The van der Waals surface area contributed by atoms with E-state index >= 15 is 0 Å². The molecule has 2 bridgehead atoms. The number of benzene rings is 1. The molecule has 0 spiro atoms. The van der Waals surface area contributed by atoms with E-state index in [0.29, 0.717) is 30.0 Å². The summed E-state index contributed by atoms with van der Waals surface area (Å²) in [6.07, 6.45) is 5.94. The molecule has 3 rings (SSSR count). The lowest BCUT2D eigenvalue weighted by atomic mass is 9.89. The second-order valence-corrected chi connectivity index (χ2v) is 9.41. The molecule has 0 aliphatic carbocycles. The van der Waals surface area contributed by atoms with Crippen molar-refractivity contribution < 1.29 is 17.6 Å². The van der Waals surface area contributed by atoms with Gasteiger partial charge in [-0.25, -0.2) is 12.8 Å². The van der Waals surface area contributed by atoms with E-state index in [9.17, 15) is 17.6 Å². The second-order valence-electron chi connectivity index (χ2n) is 7.43. The summed E-state index contributed by atoms with van der Waals surface area (Å²) in [5, 5.41) is 6.46. The molecular formula is C18H25FN2O3S. The number of nitrogens with one attached hydrogen (secondary N) is 2. The van der Waals surface area contributed by atoms with Crippen molar-refractivity contribution in [3.05, 3.63) is 29.6 Å². The Morgan fingerprint density at radius 3 is 2.52 bits per heavy atom. The highest BCUT2D eigenvalue weighted by atomic mass is 32.2. The number of hydrogen-bond acceptors (Lipinski definition) is 4. The number of fused-ring (bicyclic) bond motifs is 2. The lowest BCUT2D eigenvalue weighted by Crippen LogP contribution is -2.40. The van der Waals surface area contributed by atoms with Crippen LogP contribution in [0.15, 0.2) is 23.1 Å². The molecule has 25 heavy (non-hydrogen) atoms. The minimum Gasteiger partial charge on any atom is -0.350 e. The van der Waals surface area contributed by atoms with Crippen LogP contribution < -0.4 is 10.6 Å². The van der Waals surface area contributed by atoms with Crippen molar-refractivity contribution in [2.45, 2.75) is 62.0 Å². The molecular weight excluding hydrogens is 343 g/mol. The Morgan fingerprint density at radius 1 is 1.32 bits per heavy atom. The van der Waals surface area contributed by atoms with Gasteiger partial charge in [0.15, 0.2) is 9.84 Å². The molecule has 2 heterocycles. The van der Waals surface area contributed by atoms with E-state index in [-0.39, 0.29) is 16.8 Å². The fourth-order valence-electron chi connectivity index (χ4n) is 4.07. The maximum absolute atomic E-state index is 14.0. The summed E-state index contributed by atoms with van der Waals surface area (Å²) in [6.45, 7) is 1.78. The number of hydrogen-bond donors (Lipinski definition) is 2. The Hall–Kier alpha value is -1.47. The van der Waals surface area contributed by atoms with Crippen molar-refractivity contribution in [3.63, 3.8) is 0 Å². The molecule has 2 saturated heterocycles. The van der Waals surface area contributed by atoms with Crippen LogP contribution in [0.5, 0.6) is 0 Å². The van der Waals surface area contributed by atoms with E-state index in [2.05, 4.69) is 10.6 Å². The molecule has 1 aromatic rings. The summed E-state index contributed by atoms with van der Waals surface area (Å²) >= 11 is 0. The van der Waals surface area contributed by atoms with Gasteiger partial charge in [-0.1, -0.05) is 6.07 Å². The topological polar surface area (TPSA) is 75.3 Å². The molecule has 3 atom stereocenters. The minimum absolute atomic E-state index is 0.0357. The number of halogens is 1. The third-order valence-electron chi connectivity index (χ3n) is 5.28. The van der Waals surface area contributed by atoms with Crippen LogP contribution in [-0.2, 0) is 14.6 Å². The molecule has 1 amide bonds. The summed E-state index contributed by atoms with van der Waals surface area (Å²) in [6, 6.07) is 4.72. The highest BCUT2D eigenvalue weighted by Crippen LogP contribution is 2.32. The van der Waals surface area contributed by atoms with Crippen LogP contribution in [0.1, 0.15) is 50.6 Å². The van der Waals surface area contributed by atoms with Crippen molar-refractivity contribution in [2.24, 2.45) is 5.92 Å². The number of piperidine rings is 1.